The Labute approximate surface area is 241 Å². The van der Waals surface area contributed by atoms with E-state index in [0.29, 0.717) is 44.9 Å². The van der Waals surface area contributed by atoms with Crippen molar-refractivity contribution in [1.29, 1.82) is 0 Å². The number of nitrogens with zero attached hydrogens (tertiary/aromatic N) is 3. The molecule has 0 aliphatic heterocycles. The summed E-state index contributed by atoms with van der Waals surface area (Å²) in [6.07, 6.45) is 2.33. The Morgan fingerprint density at radius 3 is 2.55 bits per heavy atom. The largest absolute Gasteiger partial charge is 0.490 e. The molecule has 1 heterocycles. The van der Waals surface area contributed by atoms with Crippen molar-refractivity contribution in [1.82, 2.24) is 9.66 Å². The number of hydrogen-bond acceptors (Lipinski definition) is 5. The molecule has 0 saturated heterocycles. The highest BCUT2D eigenvalue weighted by atomic mass is 79.9. The first-order valence-corrected chi connectivity index (χ1v) is 14.0. The Kier molecular flexibility index (Phi) is 9.23. The minimum atomic E-state index is -0.321. The van der Waals surface area contributed by atoms with Gasteiger partial charge in [-0.2, -0.15) is 9.78 Å². The van der Waals surface area contributed by atoms with E-state index in [4.69, 9.17) is 26.1 Å². The van der Waals surface area contributed by atoms with E-state index in [2.05, 4.69) is 37.0 Å². The van der Waals surface area contributed by atoms with Crippen molar-refractivity contribution in [2.75, 3.05) is 6.61 Å². The molecular formula is C28H25Br2ClFN3O3. The number of hydrogen-bond donors (Lipinski definition) is 0. The van der Waals surface area contributed by atoms with Crippen molar-refractivity contribution in [3.8, 4) is 11.5 Å². The Bertz CT molecular complexity index is 1560. The molecule has 0 amide bonds. The van der Waals surface area contributed by atoms with E-state index in [1.807, 2.05) is 32.9 Å². The summed E-state index contributed by atoms with van der Waals surface area (Å²) in [5.74, 6) is 1.00. The molecule has 0 spiro atoms. The van der Waals surface area contributed by atoms with Gasteiger partial charge in [-0.25, -0.2) is 9.37 Å². The molecule has 0 bridgehead atoms. The van der Waals surface area contributed by atoms with E-state index in [1.54, 1.807) is 30.5 Å². The summed E-state index contributed by atoms with van der Waals surface area (Å²) in [7, 11) is 0. The van der Waals surface area contributed by atoms with Gasteiger partial charge in [0.2, 0.25) is 0 Å². The molecule has 38 heavy (non-hydrogen) atoms. The highest BCUT2D eigenvalue weighted by molar-refractivity contribution is 9.10. The summed E-state index contributed by atoms with van der Waals surface area (Å²) in [5, 5.41) is 5.29. The first kappa shape index (κ1) is 28.3. The third-order valence-electron chi connectivity index (χ3n) is 5.95. The SMILES string of the molecule is CCOc1cc(C=Nn2c([C@H](C)CC)nc3ccc(Br)cc3c2=O)c(Br)c(Cl)c1OCc1ccc(F)cc1. The van der Waals surface area contributed by atoms with E-state index in [-0.39, 0.29) is 28.9 Å². The monoisotopic (exact) mass is 663 g/mol. The third-order valence-corrected chi connectivity index (χ3v) is 7.89. The minimum absolute atomic E-state index is 0.00106. The van der Waals surface area contributed by atoms with Crippen LogP contribution in [0.15, 0.2) is 67.4 Å². The molecule has 0 unspecified atom stereocenters. The topological polar surface area (TPSA) is 65.7 Å². The second kappa shape index (κ2) is 12.4. The van der Waals surface area contributed by atoms with Crippen molar-refractivity contribution in [3.05, 3.63) is 95.6 Å². The number of halogens is 4. The predicted molar refractivity (Wildman–Crippen MR) is 156 cm³/mol. The van der Waals surface area contributed by atoms with Gasteiger partial charge in [0.15, 0.2) is 11.5 Å². The molecule has 0 radical (unpaired) electrons. The van der Waals surface area contributed by atoms with Crippen LogP contribution in [-0.4, -0.2) is 22.5 Å². The Hall–Kier alpha value is -2.75. The summed E-state index contributed by atoms with van der Waals surface area (Å²) >= 11 is 13.6. The molecule has 10 heteroatoms. The number of fused-ring (bicyclic) bond motifs is 1. The molecule has 198 valence electrons. The van der Waals surface area contributed by atoms with Crippen LogP contribution in [0.4, 0.5) is 4.39 Å². The lowest BCUT2D eigenvalue weighted by Crippen LogP contribution is -2.23. The van der Waals surface area contributed by atoms with Gasteiger partial charge in [-0.15, -0.1) is 0 Å². The fourth-order valence-corrected chi connectivity index (χ4v) is 4.75. The van der Waals surface area contributed by atoms with E-state index in [0.717, 1.165) is 16.5 Å². The lowest BCUT2D eigenvalue weighted by molar-refractivity contribution is 0.269. The molecule has 0 saturated carbocycles. The van der Waals surface area contributed by atoms with Gasteiger partial charge in [0.25, 0.3) is 5.56 Å². The van der Waals surface area contributed by atoms with Gasteiger partial charge in [-0.3, -0.25) is 4.79 Å². The summed E-state index contributed by atoms with van der Waals surface area (Å²) in [4.78, 5) is 18.2. The summed E-state index contributed by atoms with van der Waals surface area (Å²) in [6.45, 7) is 6.44. The first-order chi connectivity index (χ1) is 18.2. The Morgan fingerprint density at radius 1 is 1.13 bits per heavy atom. The van der Waals surface area contributed by atoms with Gasteiger partial charge in [-0.05, 0) is 71.2 Å². The maximum atomic E-state index is 13.4. The summed E-state index contributed by atoms with van der Waals surface area (Å²) in [5.41, 5.74) is 1.71. The zero-order chi connectivity index (χ0) is 27.4. The van der Waals surface area contributed by atoms with Crippen LogP contribution in [0, 0.1) is 5.82 Å². The van der Waals surface area contributed by atoms with Crippen molar-refractivity contribution in [2.24, 2.45) is 5.10 Å². The molecule has 0 aliphatic rings. The molecule has 1 aromatic heterocycles. The fraction of sp³-hybridized carbons (Fsp3) is 0.250. The van der Waals surface area contributed by atoms with Crippen LogP contribution in [0.25, 0.3) is 10.9 Å². The number of ether oxygens (including phenoxy) is 2. The van der Waals surface area contributed by atoms with Crippen LogP contribution < -0.4 is 15.0 Å². The molecule has 1 atom stereocenters. The highest BCUT2D eigenvalue weighted by Gasteiger charge is 2.19. The normalized spacial score (nSPS) is 12.3. The van der Waals surface area contributed by atoms with E-state index in [1.165, 1.54) is 16.8 Å². The van der Waals surface area contributed by atoms with Gasteiger partial charge >= 0.3 is 0 Å². The van der Waals surface area contributed by atoms with Gasteiger partial charge in [-0.1, -0.05) is 53.5 Å². The number of rotatable bonds is 9. The lowest BCUT2D eigenvalue weighted by atomic mass is 10.1. The second-order valence-electron chi connectivity index (χ2n) is 8.57. The minimum Gasteiger partial charge on any atom is -0.490 e. The molecular weight excluding hydrogens is 641 g/mol. The molecule has 4 aromatic rings. The average molecular weight is 666 g/mol. The lowest BCUT2D eigenvalue weighted by Gasteiger charge is -2.17. The van der Waals surface area contributed by atoms with Crippen LogP contribution in [-0.2, 0) is 6.61 Å². The Balaban J connectivity index is 1.76. The van der Waals surface area contributed by atoms with Gasteiger partial charge in [0, 0.05) is 20.4 Å². The third kappa shape index (κ3) is 6.11. The van der Waals surface area contributed by atoms with Crippen LogP contribution in [0.2, 0.25) is 5.02 Å². The van der Waals surface area contributed by atoms with Crippen LogP contribution in [0.1, 0.15) is 50.1 Å². The molecule has 6 nitrogen and oxygen atoms in total. The van der Waals surface area contributed by atoms with Crippen LogP contribution >= 0.6 is 43.5 Å². The number of aromatic nitrogens is 2. The molecule has 4 rings (SSSR count). The van der Waals surface area contributed by atoms with Gasteiger partial charge in [0.05, 0.1) is 23.7 Å². The second-order valence-corrected chi connectivity index (χ2v) is 10.7. The van der Waals surface area contributed by atoms with Crippen LogP contribution in [0.5, 0.6) is 11.5 Å². The molecule has 3 aromatic carbocycles. The van der Waals surface area contributed by atoms with Gasteiger partial charge in [0.1, 0.15) is 23.3 Å². The number of benzene rings is 3. The quantitative estimate of drug-likeness (QED) is 0.170. The van der Waals surface area contributed by atoms with Crippen LogP contribution in [0.3, 0.4) is 0 Å². The van der Waals surface area contributed by atoms with Crippen molar-refractivity contribution in [2.45, 2.75) is 39.7 Å². The standard InChI is InChI=1S/C28H25Br2ClFN3O3/c1-4-16(3)27-34-22-11-8-19(29)13-21(22)28(36)35(27)33-14-18-12-23(37-5-2)26(25(31)24(18)30)38-15-17-6-9-20(32)10-7-17/h6-14,16H,4-5,15H2,1-3H3/t16-/m1/s1. The van der Waals surface area contributed by atoms with Crippen molar-refractivity contribution >= 4 is 60.6 Å². The van der Waals surface area contributed by atoms with E-state index < -0.39 is 0 Å². The zero-order valence-corrected chi connectivity index (χ0v) is 24.9. The Morgan fingerprint density at radius 2 is 1.87 bits per heavy atom. The summed E-state index contributed by atoms with van der Waals surface area (Å²) in [6, 6.07) is 13.2. The molecule has 0 fully saturated rings. The first-order valence-electron chi connectivity index (χ1n) is 12.0. The maximum Gasteiger partial charge on any atom is 0.282 e. The summed E-state index contributed by atoms with van der Waals surface area (Å²) < 4.78 is 27.7. The van der Waals surface area contributed by atoms with E-state index in [9.17, 15) is 9.18 Å². The van der Waals surface area contributed by atoms with Gasteiger partial charge < -0.3 is 9.47 Å². The maximum absolute atomic E-state index is 13.4. The van der Waals surface area contributed by atoms with E-state index >= 15 is 0 Å². The zero-order valence-electron chi connectivity index (χ0n) is 21.0. The van der Waals surface area contributed by atoms with Crippen molar-refractivity contribution in [3.63, 3.8) is 0 Å². The molecule has 0 aliphatic carbocycles. The predicted octanol–water partition coefficient (Wildman–Crippen LogP) is 8.09. The molecule has 0 N–H and O–H groups in total. The smallest absolute Gasteiger partial charge is 0.282 e. The van der Waals surface area contributed by atoms with Crippen molar-refractivity contribution < 1.29 is 13.9 Å². The fourth-order valence-electron chi connectivity index (χ4n) is 3.73. The highest BCUT2D eigenvalue weighted by Crippen LogP contribution is 2.42. The average Bonchev–Trinajstić information content (AvgIpc) is 2.91.